The number of alkyl halides is 3. The van der Waals surface area contributed by atoms with E-state index in [0.29, 0.717) is 6.54 Å². The molecular weight excluding hydrogens is 323 g/mol. The predicted molar refractivity (Wildman–Crippen MR) is 75.3 cm³/mol. The molecule has 22 heavy (non-hydrogen) atoms. The van der Waals surface area contributed by atoms with Gasteiger partial charge in [-0.05, 0) is 32.6 Å². The van der Waals surface area contributed by atoms with Crippen molar-refractivity contribution in [3.05, 3.63) is 0 Å². The molecule has 1 fully saturated rings. The Bertz CT molecular complexity index is 446. The second-order valence-corrected chi connectivity index (χ2v) is 8.25. The molecule has 9 heteroatoms. The summed E-state index contributed by atoms with van der Waals surface area (Å²) in [5.41, 5.74) is -6.10. The molecule has 0 aromatic heterocycles. The van der Waals surface area contributed by atoms with Crippen LogP contribution in [0.2, 0.25) is 0 Å². The summed E-state index contributed by atoms with van der Waals surface area (Å²) in [6, 6.07) is 0. The Balaban J connectivity index is 2.78. The third-order valence-electron chi connectivity index (χ3n) is 2.89. The van der Waals surface area contributed by atoms with Crippen molar-refractivity contribution in [2.24, 2.45) is 5.41 Å². The molecule has 1 unspecified atom stereocenters. The van der Waals surface area contributed by atoms with Crippen LogP contribution in [0, 0.1) is 5.41 Å². The van der Waals surface area contributed by atoms with Gasteiger partial charge in [0.15, 0.2) is 0 Å². The zero-order valence-corrected chi connectivity index (χ0v) is 14.1. The molecule has 0 N–H and O–H groups in total. The summed E-state index contributed by atoms with van der Waals surface area (Å²) in [5, 5.41) is 0. The van der Waals surface area contributed by atoms with Gasteiger partial charge in [-0.3, -0.25) is 4.18 Å². The quantitative estimate of drug-likeness (QED) is 0.771. The highest BCUT2D eigenvalue weighted by atomic mass is 32.2. The number of hydrogen-bond donors (Lipinski definition) is 0. The van der Waals surface area contributed by atoms with E-state index in [4.69, 9.17) is 4.74 Å². The number of halogens is 3. The van der Waals surface area contributed by atoms with Crippen LogP contribution in [0.4, 0.5) is 18.0 Å². The number of nitrogens with zero attached hydrogens (tertiary/aromatic N) is 1. The van der Waals surface area contributed by atoms with Gasteiger partial charge in [0.25, 0.3) is 11.1 Å². The maximum atomic E-state index is 12.3. The fourth-order valence-electron chi connectivity index (χ4n) is 2.28. The lowest BCUT2D eigenvalue weighted by Crippen LogP contribution is -2.52. The minimum absolute atomic E-state index is 0.0832. The first-order chi connectivity index (χ1) is 9.70. The Morgan fingerprint density at radius 2 is 1.82 bits per heavy atom. The molecule has 0 spiro atoms. The number of ether oxygens (including phenoxy) is 1. The summed E-state index contributed by atoms with van der Waals surface area (Å²) in [5.74, 6) is 0. The molecule has 0 aromatic carbocycles. The number of piperidine rings is 1. The molecule has 0 bridgehead atoms. The van der Waals surface area contributed by atoms with Crippen molar-refractivity contribution in [2.75, 3.05) is 13.1 Å². The van der Waals surface area contributed by atoms with Crippen LogP contribution >= 0.6 is 0 Å². The first-order valence-corrected chi connectivity index (χ1v) is 7.91. The molecule has 0 aliphatic carbocycles. The lowest BCUT2D eigenvalue weighted by atomic mass is 9.83. The molecule has 5 nitrogen and oxygen atoms in total. The number of hydrogen-bond acceptors (Lipinski definition) is 4. The molecule has 130 valence electrons. The van der Waals surface area contributed by atoms with Crippen molar-refractivity contribution >= 4 is 17.2 Å². The summed E-state index contributed by atoms with van der Waals surface area (Å²) in [7, 11) is 0. The Labute approximate surface area is 130 Å². The van der Waals surface area contributed by atoms with Crippen LogP contribution in [0.1, 0.15) is 41.0 Å². The summed E-state index contributed by atoms with van der Waals surface area (Å²) in [4.78, 5) is 13.4. The molecule has 1 saturated heterocycles. The smallest absolute Gasteiger partial charge is 0.444 e. The van der Waals surface area contributed by atoms with Gasteiger partial charge in [-0.1, -0.05) is 13.8 Å². The van der Waals surface area contributed by atoms with E-state index in [1.807, 2.05) is 0 Å². The first-order valence-electron chi connectivity index (χ1n) is 6.83. The fourth-order valence-corrected chi connectivity index (χ4v) is 2.77. The van der Waals surface area contributed by atoms with Crippen LogP contribution in [0.3, 0.4) is 0 Å². The minimum atomic E-state index is -4.93. The van der Waals surface area contributed by atoms with Crippen molar-refractivity contribution < 1.29 is 31.1 Å². The topological polar surface area (TPSA) is 55.8 Å². The van der Waals surface area contributed by atoms with Gasteiger partial charge in [0.1, 0.15) is 5.60 Å². The van der Waals surface area contributed by atoms with Gasteiger partial charge in [-0.25, -0.2) is 9.00 Å². The lowest BCUT2D eigenvalue weighted by molar-refractivity contribution is -0.0569. The monoisotopic (exact) mass is 345 g/mol. The van der Waals surface area contributed by atoms with Crippen molar-refractivity contribution in [2.45, 2.75) is 58.3 Å². The van der Waals surface area contributed by atoms with E-state index in [1.54, 1.807) is 34.6 Å². The van der Waals surface area contributed by atoms with E-state index in [0.717, 1.165) is 0 Å². The molecule has 0 saturated carbocycles. The van der Waals surface area contributed by atoms with Gasteiger partial charge in [0.2, 0.25) is 0 Å². The highest BCUT2D eigenvalue weighted by molar-refractivity contribution is 7.81. The minimum Gasteiger partial charge on any atom is -0.444 e. The van der Waals surface area contributed by atoms with E-state index in [9.17, 15) is 22.2 Å². The number of carbonyl (C=O) groups excluding carboxylic acids is 1. The number of amides is 1. The summed E-state index contributed by atoms with van der Waals surface area (Å²) < 4.78 is 57.9. The van der Waals surface area contributed by atoms with Gasteiger partial charge in [0, 0.05) is 6.54 Å². The molecule has 1 heterocycles. The second kappa shape index (κ2) is 6.35. The molecule has 1 aliphatic heterocycles. The highest BCUT2D eigenvalue weighted by Crippen LogP contribution is 2.33. The summed E-state index contributed by atoms with van der Waals surface area (Å²) in [6.07, 6.45) is -1.31. The molecule has 0 radical (unpaired) electrons. The highest BCUT2D eigenvalue weighted by Gasteiger charge is 2.44. The van der Waals surface area contributed by atoms with Crippen molar-refractivity contribution in [3.8, 4) is 0 Å². The normalized spacial score (nSPS) is 24.0. The molecular formula is C13H22F3NO4S. The maximum absolute atomic E-state index is 12.3. The summed E-state index contributed by atoms with van der Waals surface area (Å²) in [6.45, 7) is 8.96. The third kappa shape index (κ3) is 6.12. The first kappa shape index (κ1) is 19.2. The van der Waals surface area contributed by atoms with E-state index >= 15 is 0 Å². The van der Waals surface area contributed by atoms with Gasteiger partial charge in [-0.15, -0.1) is 0 Å². The van der Waals surface area contributed by atoms with Gasteiger partial charge in [0.05, 0.1) is 12.6 Å². The molecule has 0 aromatic rings. The molecule has 2 atom stereocenters. The average molecular weight is 345 g/mol. The lowest BCUT2D eigenvalue weighted by Gasteiger charge is -2.42. The van der Waals surface area contributed by atoms with Crippen LogP contribution in [-0.4, -0.2) is 45.5 Å². The van der Waals surface area contributed by atoms with Crippen molar-refractivity contribution in [3.63, 3.8) is 0 Å². The van der Waals surface area contributed by atoms with Gasteiger partial charge < -0.3 is 9.64 Å². The largest absolute Gasteiger partial charge is 0.497 e. The Morgan fingerprint density at radius 3 is 2.27 bits per heavy atom. The van der Waals surface area contributed by atoms with Crippen LogP contribution < -0.4 is 0 Å². The number of rotatable bonds is 2. The number of carbonyl (C=O) groups is 1. The molecule has 1 amide bonds. The van der Waals surface area contributed by atoms with E-state index in [1.165, 1.54) is 4.90 Å². The van der Waals surface area contributed by atoms with Crippen molar-refractivity contribution in [1.29, 1.82) is 0 Å². The zero-order valence-electron chi connectivity index (χ0n) is 13.3. The second-order valence-electron chi connectivity index (χ2n) is 7.13. The van der Waals surface area contributed by atoms with Crippen molar-refractivity contribution in [1.82, 2.24) is 4.90 Å². The van der Waals surface area contributed by atoms with Gasteiger partial charge in [-0.2, -0.15) is 13.2 Å². The van der Waals surface area contributed by atoms with Crippen LogP contribution in [0.25, 0.3) is 0 Å². The Hall–Kier alpha value is -0.830. The molecule has 1 aliphatic rings. The predicted octanol–water partition coefficient (Wildman–Crippen LogP) is 3.22. The summed E-state index contributed by atoms with van der Waals surface area (Å²) >= 11 is -3.39. The van der Waals surface area contributed by atoms with E-state index in [2.05, 4.69) is 4.18 Å². The average Bonchev–Trinajstić information content (AvgIpc) is 2.22. The number of likely N-dealkylation sites (tertiary alicyclic amines) is 1. The standard InChI is InChI=1S/C13H22F3NO4S/c1-11(2,3)20-10(18)17-7-9(6-12(4,5)8-17)21-22(19)13(14,15)16/h9H,6-8H2,1-5H3/t9-,22?/m1/s1. The molecule has 1 rings (SSSR count). The van der Waals surface area contributed by atoms with Crippen LogP contribution in [0.15, 0.2) is 0 Å². The van der Waals surface area contributed by atoms with E-state index < -0.39 is 39.8 Å². The van der Waals surface area contributed by atoms with E-state index in [-0.39, 0.29) is 13.0 Å². The maximum Gasteiger partial charge on any atom is 0.497 e. The zero-order chi connectivity index (χ0) is 17.3. The Kier molecular flexibility index (Phi) is 5.55. The Morgan fingerprint density at radius 1 is 1.27 bits per heavy atom. The SMILES string of the molecule is CC1(C)C[C@@H](OS(=O)C(F)(F)F)CN(C(=O)OC(C)(C)C)C1. The third-order valence-corrected chi connectivity index (χ3v) is 3.71. The fraction of sp³-hybridized carbons (Fsp3) is 0.923. The van der Waals surface area contributed by atoms with Crippen LogP contribution in [-0.2, 0) is 20.0 Å². The van der Waals surface area contributed by atoms with Gasteiger partial charge >= 0.3 is 11.6 Å². The van der Waals surface area contributed by atoms with Crippen LogP contribution in [0.5, 0.6) is 0 Å².